The van der Waals surface area contributed by atoms with E-state index in [2.05, 4.69) is 5.32 Å². The Balaban J connectivity index is 0.00000180. The molecule has 2 unspecified atom stereocenters. The minimum absolute atomic E-state index is 0. The Morgan fingerprint density at radius 2 is 2.05 bits per heavy atom. The number of amides is 1. The van der Waals surface area contributed by atoms with Crippen molar-refractivity contribution in [2.24, 2.45) is 11.7 Å². The summed E-state index contributed by atoms with van der Waals surface area (Å²) in [4.78, 5) is 11.9. The van der Waals surface area contributed by atoms with E-state index >= 15 is 0 Å². The van der Waals surface area contributed by atoms with Crippen LogP contribution >= 0.6 is 12.4 Å². The molecule has 1 amide bonds. The SMILES string of the molecule is COc1ccc(CNC(=O)C2CCC(N)C2)cc1.Cl. The van der Waals surface area contributed by atoms with Crippen molar-refractivity contribution in [2.75, 3.05) is 7.11 Å². The van der Waals surface area contributed by atoms with E-state index in [0.29, 0.717) is 6.54 Å². The van der Waals surface area contributed by atoms with Gasteiger partial charge in [-0.25, -0.2) is 0 Å². The lowest BCUT2D eigenvalue weighted by molar-refractivity contribution is -0.125. The fourth-order valence-corrected chi connectivity index (χ4v) is 2.33. The Kier molecular flexibility index (Phi) is 6.12. The predicted molar refractivity (Wildman–Crippen MR) is 77.4 cm³/mol. The summed E-state index contributed by atoms with van der Waals surface area (Å²) in [5, 5.41) is 2.96. The molecule has 106 valence electrons. The molecule has 0 heterocycles. The molecule has 1 fully saturated rings. The van der Waals surface area contributed by atoms with Gasteiger partial charge in [-0.15, -0.1) is 12.4 Å². The molecule has 2 atom stereocenters. The van der Waals surface area contributed by atoms with Crippen molar-refractivity contribution in [1.82, 2.24) is 5.32 Å². The summed E-state index contributed by atoms with van der Waals surface area (Å²) in [6, 6.07) is 7.90. The number of nitrogens with two attached hydrogens (primary N) is 1. The first-order valence-electron chi connectivity index (χ1n) is 6.35. The first-order valence-corrected chi connectivity index (χ1v) is 6.35. The van der Waals surface area contributed by atoms with Gasteiger partial charge in [0.1, 0.15) is 5.75 Å². The third kappa shape index (κ3) is 4.40. The zero-order chi connectivity index (χ0) is 13.0. The van der Waals surface area contributed by atoms with Gasteiger partial charge in [-0.2, -0.15) is 0 Å². The van der Waals surface area contributed by atoms with Crippen LogP contribution < -0.4 is 15.8 Å². The first-order chi connectivity index (χ1) is 8.69. The van der Waals surface area contributed by atoms with E-state index < -0.39 is 0 Å². The average Bonchev–Trinajstić information content (AvgIpc) is 2.83. The highest BCUT2D eigenvalue weighted by molar-refractivity contribution is 5.85. The van der Waals surface area contributed by atoms with Crippen LogP contribution in [-0.2, 0) is 11.3 Å². The van der Waals surface area contributed by atoms with Gasteiger partial charge in [-0.3, -0.25) is 4.79 Å². The lowest BCUT2D eigenvalue weighted by atomic mass is 10.1. The first kappa shape index (κ1) is 15.8. The summed E-state index contributed by atoms with van der Waals surface area (Å²) < 4.78 is 5.09. The maximum atomic E-state index is 11.9. The number of carbonyl (C=O) groups excluding carboxylic acids is 1. The van der Waals surface area contributed by atoms with E-state index in [0.717, 1.165) is 30.6 Å². The topological polar surface area (TPSA) is 64.3 Å². The van der Waals surface area contributed by atoms with Crippen LogP contribution in [0.2, 0.25) is 0 Å². The van der Waals surface area contributed by atoms with Gasteiger partial charge in [0.2, 0.25) is 5.91 Å². The van der Waals surface area contributed by atoms with E-state index in [1.165, 1.54) is 0 Å². The summed E-state index contributed by atoms with van der Waals surface area (Å²) >= 11 is 0. The number of benzene rings is 1. The van der Waals surface area contributed by atoms with Crippen molar-refractivity contribution in [3.63, 3.8) is 0 Å². The molecule has 1 aliphatic rings. The molecule has 0 aromatic heterocycles. The second-order valence-corrected chi connectivity index (χ2v) is 4.84. The fourth-order valence-electron chi connectivity index (χ4n) is 2.33. The number of nitrogens with one attached hydrogen (secondary N) is 1. The third-order valence-corrected chi connectivity index (χ3v) is 3.47. The average molecular weight is 285 g/mol. The Bertz CT molecular complexity index is 408. The number of halogens is 1. The highest BCUT2D eigenvalue weighted by Gasteiger charge is 2.27. The zero-order valence-corrected chi connectivity index (χ0v) is 11.9. The van der Waals surface area contributed by atoms with Gasteiger partial charge in [-0.05, 0) is 37.0 Å². The van der Waals surface area contributed by atoms with Crippen LogP contribution in [-0.4, -0.2) is 19.1 Å². The molecular weight excluding hydrogens is 264 g/mol. The van der Waals surface area contributed by atoms with Crippen LogP contribution in [0.1, 0.15) is 24.8 Å². The molecule has 1 aliphatic carbocycles. The molecule has 0 spiro atoms. The minimum atomic E-state index is 0. The smallest absolute Gasteiger partial charge is 0.223 e. The van der Waals surface area contributed by atoms with Crippen LogP contribution in [0.25, 0.3) is 0 Å². The molecule has 0 aliphatic heterocycles. The molecule has 1 saturated carbocycles. The normalized spacial score (nSPS) is 21.6. The van der Waals surface area contributed by atoms with Crippen molar-refractivity contribution in [3.8, 4) is 5.75 Å². The van der Waals surface area contributed by atoms with E-state index in [-0.39, 0.29) is 30.3 Å². The molecule has 0 radical (unpaired) electrons. The maximum Gasteiger partial charge on any atom is 0.223 e. The van der Waals surface area contributed by atoms with Gasteiger partial charge in [0.05, 0.1) is 7.11 Å². The van der Waals surface area contributed by atoms with Crippen molar-refractivity contribution < 1.29 is 9.53 Å². The quantitative estimate of drug-likeness (QED) is 0.887. The van der Waals surface area contributed by atoms with Crippen molar-refractivity contribution in [1.29, 1.82) is 0 Å². The molecule has 1 aromatic carbocycles. The molecule has 0 bridgehead atoms. The summed E-state index contributed by atoms with van der Waals surface area (Å²) in [6.07, 6.45) is 2.69. The molecule has 0 saturated heterocycles. The van der Waals surface area contributed by atoms with Crippen LogP contribution in [0.5, 0.6) is 5.75 Å². The summed E-state index contributed by atoms with van der Waals surface area (Å²) in [5.74, 6) is 1.05. The second kappa shape index (κ2) is 7.36. The number of carbonyl (C=O) groups is 1. The molecule has 19 heavy (non-hydrogen) atoms. The number of ether oxygens (including phenoxy) is 1. The van der Waals surface area contributed by atoms with Gasteiger partial charge in [0.25, 0.3) is 0 Å². The molecule has 4 nitrogen and oxygen atoms in total. The largest absolute Gasteiger partial charge is 0.497 e. The lowest BCUT2D eigenvalue weighted by Gasteiger charge is -2.11. The third-order valence-electron chi connectivity index (χ3n) is 3.47. The van der Waals surface area contributed by atoms with E-state index in [1.54, 1.807) is 7.11 Å². The monoisotopic (exact) mass is 284 g/mol. The summed E-state index contributed by atoms with van der Waals surface area (Å²) in [5.41, 5.74) is 6.88. The van der Waals surface area contributed by atoms with Crippen molar-refractivity contribution >= 4 is 18.3 Å². The van der Waals surface area contributed by atoms with Crippen LogP contribution in [0.15, 0.2) is 24.3 Å². The van der Waals surface area contributed by atoms with Gasteiger partial charge < -0.3 is 15.8 Å². The van der Waals surface area contributed by atoms with Gasteiger partial charge in [0, 0.05) is 18.5 Å². The summed E-state index contributed by atoms with van der Waals surface area (Å²) in [7, 11) is 1.64. The molecule has 1 aromatic rings. The Hall–Kier alpha value is -1.26. The number of rotatable bonds is 4. The highest BCUT2D eigenvalue weighted by Crippen LogP contribution is 2.24. The molecule has 2 rings (SSSR count). The van der Waals surface area contributed by atoms with E-state index in [9.17, 15) is 4.79 Å². The Morgan fingerprint density at radius 1 is 1.37 bits per heavy atom. The minimum Gasteiger partial charge on any atom is -0.497 e. The van der Waals surface area contributed by atoms with Crippen molar-refractivity contribution in [2.45, 2.75) is 31.8 Å². The fraction of sp³-hybridized carbons (Fsp3) is 0.500. The van der Waals surface area contributed by atoms with E-state index in [1.807, 2.05) is 24.3 Å². The second-order valence-electron chi connectivity index (χ2n) is 4.84. The maximum absolute atomic E-state index is 11.9. The van der Waals surface area contributed by atoms with Crippen LogP contribution in [0.4, 0.5) is 0 Å². The van der Waals surface area contributed by atoms with E-state index in [4.69, 9.17) is 10.5 Å². The molecule has 3 N–H and O–H groups in total. The molecule has 5 heteroatoms. The Labute approximate surface area is 120 Å². The van der Waals surface area contributed by atoms with Crippen molar-refractivity contribution in [3.05, 3.63) is 29.8 Å². The standard InChI is InChI=1S/C14H20N2O2.ClH/c1-18-13-6-2-10(3-7-13)9-16-14(17)11-4-5-12(15)8-11;/h2-3,6-7,11-12H,4-5,8-9,15H2,1H3,(H,16,17);1H. The van der Waals surface area contributed by atoms with Gasteiger partial charge >= 0.3 is 0 Å². The van der Waals surface area contributed by atoms with Gasteiger partial charge in [-0.1, -0.05) is 12.1 Å². The summed E-state index contributed by atoms with van der Waals surface area (Å²) in [6.45, 7) is 0.564. The number of methoxy groups -OCH3 is 1. The highest BCUT2D eigenvalue weighted by atomic mass is 35.5. The lowest BCUT2D eigenvalue weighted by Crippen LogP contribution is -2.29. The van der Waals surface area contributed by atoms with Gasteiger partial charge in [0.15, 0.2) is 0 Å². The Morgan fingerprint density at radius 3 is 2.58 bits per heavy atom. The number of hydrogen-bond acceptors (Lipinski definition) is 3. The molecular formula is C14H21ClN2O2. The predicted octanol–water partition coefficient (Wildman–Crippen LogP) is 1.86. The number of hydrogen-bond donors (Lipinski definition) is 2. The zero-order valence-electron chi connectivity index (χ0n) is 11.1. The van der Waals surface area contributed by atoms with Crippen LogP contribution in [0.3, 0.4) is 0 Å². The van der Waals surface area contributed by atoms with Crippen LogP contribution in [0, 0.1) is 5.92 Å².